The molecule has 0 saturated heterocycles. The molecule has 0 fully saturated rings. The Bertz CT molecular complexity index is 157. The minimum absolute atomic E-state index is 0.194. The summed E-state index contributed by atoms with van der Waals surface area (Å²) in [5, 5.41) is 8.63. The standard InChI is InChI=1S/C6H6O.2ClH.Fe/c7-6-4-2-1-3-5-6;;;/h1-5,7H;2*1H;/q;;;+2/p-2. The van der Waals surface area contributed by atoms with E-state index in [4.69, 9.17) is 25.3 Å². The maximum absolute atomic E-state index is 8.63. The van der Waals surface area contributed by atoms with Crippen molar-refractivity contribution >= 4 is 20.2 Å². The van der Waals surface area contributed by atoms with E-state index < -0.39 is 0 Å². The van der Waals surface area contributed by atoms with Crippen LogP contribution in [0, 0.1) is 0 Å². The summed E-state index contributed by atoms with van der Waals surface area (Å²) in [4.78, 5) is 0. The first-order valence-electron chi connectivity index (χ1n) is 2.40. The van der Waals surface area contributed by atoms with Gasteiger partial charge in [0.15, 0.2) is 0 Å². The van der Waals surface area contributed by atoms with Crippen LogP contribution in [0.3, 0.4) is 0 Å². The molecular weight excluding hydrogens is 215 g/mol. The van der Waals surface area contributed by atoms with Crippen LogP contribution in [0.1, 0.15) is 0 Å². The number of phenolic OH excluding ortho intramolecular Hbond substituents is 1. The van der Waals surface area contributed by atoms with Gasteiger partial charge in [-0.1, -0.05) is 18.2 Å². The monoisotopic (exact) mass is 220 g/mol. The van der Waals surface area contributed by atoms with Crippen molar-refractivity contribution in [1.82, 2.24) is 0 Å². The van der Waals surface area contributed by atoms with Crippen LogP contribution in [0.5, 0.6) is 5.75 Å². The molecule has 1 rings (SSSR count). The predicted octanol–water partition coefficient (Wildman–Crippen LogP) is 2.77. The van der Waals surface area contributed by atoms with Gasteiger partial charge in [-0.05, 0) is 12.1 Å². The molecule has 58 valence electrons. The van der Waals surface area contributed by atoms with Crippen molar-refractivity contribution in [3.8, 4) is 5.75 Å². The number of hydrogen-bond donors (Lipinski definition) is 1. The van der Waals surface area contributed by atoms with Crippen LogP contribution in [0.2, 0.25) is 0 Å². The van der Waals surface area contributed by atoms with E-state index in [1.54, 1.807) is 24.3 Å². The summed E-state index contributed by atoms with van der Waals surface area (Å²) in [6, 6.07) is 8.71. The molecule has 0 bridgehead atoms. The Morgan fingerprint density at radius 1 is 1.10 bits per heavy atom. The van der Waals surface area contributed by atoms with E-state index in [1.807, 2.05) is 6.07 Å². The molecule has 0 amide bonds. The summed E-state index contributed by atoms with van der Waals surface area (Å²) in [7, 11) is 9.53. The first-order chi connectivity index (χ1) is 4.81. The zero-order valence-electron chi connectivity index (χ0n) is 4.94. The van der Waals surface area contributed by atoms with Gasteiger partial charge in [0.05, 0.1) is 0 Å². The van der Waals surface area contributed by atoms with Crippen LogP contribution < -0.4 is 0 Å². The van der Waals surface area contributed by atoms with E-state index in [1.165, 1.54) is 0 Å². The Labute approximate surface area is 74.6 Å². The second-order valence-corrected chi connectivity index (χ2v) is 3.21. The molecule has 0 heterocycles. The number of phenols is 1. The molecule has 0 saturated carbocycles. The van der Waals surface area contributed by atoms with Crippen molar-refractivity contribution in [2.45, 2.75) is 0 Å². The Hall–Kier alpha value is 0.119. The van der Waals surface area contributed by atoms with Crippen LogP contribution in [0.4, 0.5) is 0 Å². The first-order valence-corrected chi connectivity index (χ1v) is 5.44. The van der Waals surface area contributed by atoms with Crippen LogP contribution in [0.15, 0.2) is 30.3 Å². The van der Waals surface area contributed by atoms with E-state index in [-0.39, 0.29) is 13.1 Å². The summed E-state index contributed by atoms with van der Waals surface area (Å²) in [6.07, 6.45) is 0. The van der Waals surface area contributed by atoms with Gasteiger partial charge in [0.2, 0.25) is 0 Å². The molecule has 0 atom stereocenters. The summed E-state index contributed by atoms with van der Waals surface area (Å²) in [5.74, 6) is 0.322. The van der Waals surface area contributed by atoms with E-state index in [0.717, 1.165) is 0 Å². The van der Waals surface area contributed by atoms with Crippen LogP contribution in [0.25, 0.3) is 0 Å². The minimum atomic E-state index is 0.194. The second-order valence-electron chi connectivity index (χ2n) is 1.39. The molecule has 4 heteroatoms. The number of para-hydroxylation sites is 1. The third-order valence-corrected chi connectivity index (χ3v) is 0.756. The maximum atomic E-state index is 8.63. The van der Waals surface area contributed by atoms with Crippen molar-refractivity contribution in [2.24, 2.45) is 0 Å². The van der Waals surface area contributed by atoms with Gasteiger partial charge < -0.3 is 5.11 Å². The van der Waals surface area contributed by atoms with Crippen LogP contribution in [-0.2, 0) is 13.1 Å². The van der Waals surface area contributed by atoms with E-state index in [0.29, 0.717) is 5.75 Å². The Morgan fingerprint density at radius 2 is 1.50 bits per heavy atom. The van der Waals surface area contributed by atoms with E-state index in [9.17, 15) is 0 Å². The third-order valence-electron chi connectivity index (χ3n) is 0.756. The quantitative estimate of drug-likeness (QED) is 0.667. The van der Waals surface area contributed by atoms with Crippen LogP contribution in [-0.4, -0.2) is 5.11 Å². The average Bonchev–Trinajstić information content (AvgIpc) is 1.91. The Balaban J connectivity index is 0.000000236. The second kappa shape index (κ2) is 7.23. The molecule has 1 N–H and O–H groups in total. The number of rotatable bonds is 0. The van der Waals surface area contributed by atoms with Crippen molar-refractivity contribution in [1.29, 1.82) is 0 Å². The van der Waals surface area contributed by atoms with Crippen molar-refractivity contribution in [3.63, 3.8) is 0 Å². The molecule has 10 heavy (non-hydrogen) atoms. The van der Waals surface area contributed by atoms with Crippen molar-refractivity contribution < 1.29 is 18.2 Å². The number of hydrogen-bond acceptors (Lipinski definition) is 1. The topological polar surface area (TPSA) is 20.2 Å². The number of halogens is 2. The molecule has 0 aliphatic heterocycles. The summed E-state index contributed by atoms with van der Waals surface area (Å²) >= 11 is 0.194. The van der Waals surface area contributed by atoms with Gasteiger partial charge in [-0.15, -0.1) is 0 Å². The molecule has 0 aliphatic rings. The molecule has 1 nitrogen and oxygen atoms in total. The van der Waals surface area contributed by atoms with Gasteiger partial charge in [-0.25, -0.2) is 0 Å². The normalized spacial score (nSPS) is 8.20. The SMILES string of the molecule is Oc1ccccc1.[Cl][Fe][Cl]. The molecule has 0 aliphatic carbocycles. The van der Waals surface area contributed by atoms with Gasteiger partial charge in [-0.2, -0.15) is 0 Å². The number of aromatic hydroxyl groups is 1. The van der Waals surface area contributed by atoms with Gasteiger partial charge in [0, 0.05) is 0 Å². The first kappa shape index (κ1) is 10.1. The van der Waals surface area contributed by atoms with Gasteiger partial charge in [0.1, 0.15) is 5.75 Å². The third kappa shape index (κ3) is 6.24. The average molecular weight is 221 g/mol. The van der Waals surface area contributed by atoms with Gasteiger partial charge >= 0.3 is 33.3 Å². The molecule has 0 radical (unpaired) electrons. The Kier molecular flexibility index (Phi) is 7.32. The predicted molar refractivity (Wildman–Crippen MR) is 39.8 cm³/mol. The summed E-state index contributed by atoms with van der Waals surface area (Å²) < 4.78 is 0. The fraction of sp³-hybridized carbons (Fsp3) is 0. The van der Waals surface area contributed by atoms with E-state index in [2.05, 4.69) is 0 Å². The van der Waals surface area contributed by atoms with E-state index >= 15 is 0 Å². The van der Waals surface area contributed by atoms with Gasteiger partial charge in [0.25, 0.3) is 0 Å². The molecular formula is C6H6Cl2FeO. The molecule has 1 aromatic rings. The fourth-order valence-corrected chi connectivity index (χ4v) is 0.428. The molecule has 0 spiro atoms. The Morgan fingerprint density at radius 3 is 1.70 bits per heavy atom. The summed E-state index contributed by atoms with van der Waals surface area (Å²) in [5.41, 5.74) is 0. The zero-order valence-corrected chi connectivity index (χ0v) is 7.56. The van der Waals surface area contributed by atoms with Crippen molar-refractivity contribution in [3.05, 3.63) is 30.3 Å². The molecule has 1 aromatic carbocycles. The zero-order chi connectivity index (χ0) is 7.82. The molecule has 0 unspecified atom stereocenters. The molecule has 0 aromatic heterocycles. The summed E-state index contributed by atoms with van der Waals surface area (Å²) in [6.45, 7) is 0. The van der Waals surface area contributed by atoms with Crippen molar-refractivity contribution in [2.75, 3.05) is 0 Å². The van der Waals surface area contributed by atoms with Gasteiger partial charge in [-0.3, -0.25) is 0 Å². The van der Waals surface area contributed by atoms with Crippen LogP contribution >= 0.6 is 20.2 Å². The fourth-order valence-electron chi connectivity index (χ4n) is 0.428. The number of benzene rings is 1.